The summed E-state index contributed by atoms with van der Waals surface area (Å²) < 4.78 is 19.6. The van der Waals surface area contributed by atoms with Gasteiger partial charge in [0.25, 0.3) is 0 Å². The van der Waals surface area contributed by atoms with E-state index >= 15 is 0 Å². The van der Waals surface area contributed by atoms with Gasteiger partial charge in [-0.2, -0.15) is 0 Å². The van der Waals surface area contributed by atoms with Gasteiger partial charge in [-0.05, 0) is 51.6 Å². The average molecular weight is 408 g/mol. The van der Waals surface area contributed by atoms with Gasteiger partial charge in [0.1, 0.15) is 8.24 Å². The topological polar surface area (TPSA) is 48.0 Å². The lowest BCUT2D eigenvalue weighted by Crippen LogP contribution is -2.50. The number of unbranched alkanes of at least 4 members (excludes halogenated alkanes) is 1. The minimum Gasteiger partial charge on any atom is -0.519 e. The molecule has 0 saturated heterocycles. The van der Waals surface area contributed by atoms with Crippen molar-refractivity contribution in [3.05, 3.63) is 0 Å². The summed E-state index contributed by atoms with van der Waals surface area (Å²) in [6.07, 6.45) is 3.16. The highest BCUT2D eigenvalue weighted by atomic mass is 28.4. The summed E-state index contributed by atoms with van der Waals surface area (Å²) in [6, 6.07) is 1.00. The predicted octanol–water partition coefficient (Wildman–Crippen LogP) is 4.43. The molecular weight excluding hydrogens is 366 g/mol. The molecule has 0 heterocycles. The SMILES string of the molecule is CCCO[Si](C)(CCCCN(CC(=O)O[Si](C)(C)C)[Si](C)(C)C)OC. The van der Waals surface area contributed by atoms with Crippen molar-refractivity contribution in [3.63, 3.8) is 0 Å². The molecule has 0 aliphatic rings. The van der Waals surface area contributed by atoms with E-state index in [1.165, 1.54) is 0 Å². The highest BCUT2D eigenvalue weighted by Gasteiger charge is 2.31. The molecular formula is C17H41NO4Si3. The van der Waals surface area contributed by atoms with Crippen molar-refractivity contribution in [2.75, 3.05) is 26.8 Å². The summed E-state index contributed by atoms with van der Waals surface area (Å²) >= 11 is 0. The summed E-state index contributed by atoms with van der Waals surface area (Å²) in [5.74, 6) is -0.0658. The highest BCUT2D eigenvalue weighted by Crippen LogP contribution is 2.18. The van der Waals surface area contributed by atoms with Crippen LogP contribution in [0.4, 0.5) is 0 Å². The molecule has 0 saturated carbocycles. The van der Waals surface area contributed by atoms with E-state index in [0.717, 1.165) is 38.5 Å². The van der Waals surface area contributed by atoms with Crippen LogP contribution in [0, 0.1) is 0 Å². The molecule has 0 aliphatic carbocycles. The molecule has 0 aromatic heterocycles. The van der Waals surface area contributed by atoms with Gasteiger partial charge in [-0.25, -0.2) is 0 Å². The molecule has 0 fully saturated rings. The minimum absolute atomic E-state index is 0.0658. The zero-order valence-corrected chi connectivity index (χ0v) is 21.0. The summed E-state index contributed by atoms with van der Waals surface area (Å²) in [7, 11) is -3.62. The van der Waals surface area contributed by atoms with Crippen molar-refractivity contribution < 1.29 is 18.1 Å². The lowest BCUT2D eigenvalue weighted by atomic mass is 10.3. The van der Waals surface area contributed by atoms with Gasteiger partial charge in [0.15, 0.2) is 0 Å². The number of carbonyl (C=O) groups is 1. The van der Waals surface area contributed by atoms with E-state index in [2.05, 4.69) is 57.3 Å². The van der Waals surface area contributed by atoms with Crippen molar-refractivity contribution in [2.45, 2.75) is 78.1 Å². The van der Waals surface area contributed by atoms with E-state index in [-0.39, 0.29) is 5.97 Å². The molecule has 5 nitrogen and oxygen atoms in total. The summed E-state index contributed by atoms with van der Waals surface area (Å²) in [5.41, 5.74) is 0. The van der Waals surface area contributed by atoms with Crippen LogP contribution >= 0.6 is 0 Å². The van der Waals surface area contributed by atoms with E-state index in [9.17, 15) is 4.79 Å². The molecule has 0 aliphatic heterocycles. The van der Waals surface area contributed by atoms with Gasteiger partial charge in [-0.1, -0.05) is 33.0 Å². The second kappa shape index (κ2) is 11.0. The second-order valence-corrected chi connectivity index (χ2v) is 21.7. The molecule has 0 radical (unpaired) electrons. The van der Waals surface area contributed by atoms with Crippen molar-refractivity contribution in [1.82, 2.24) is 4.57 Å². The van der Waals surface area contributed by atoms with Crippen LogP contribution < -0.4 is 0 Å². The molecule has 1 unspecified atom stereocenters. The maximum absolute atomic E-state index is 12.2. The van der Waals surface area contributed by atoms with Crippen LogP contribution in [0.25, 0.3) is 0 Å². The molecule has 150 valence electrons. The third kappa shape index (κ3) is 12.1. The van der Waals surface area contributed by atoms with Gasteiger partial charge in [-0.15, -0.1) is 0 Å². The van der Waals surface area contributed by atoms with Gasteiger partial charge in [-0.3, -0.25) is 4.79 Å². The fourth-order valence-corrected chi connectivity index (χ4v) is 6.66. The third-order valence-electron chi connectivity index (χ3n) is 4.04. The Labute approximate surface area is 158 Å². The molecule has 1 atom stereocenters. The van der Waals surface area contributed by atoms with Crippen LogP contribution in [-0.2, 0) is 18.1 Å². The van der Waals surface area contributed by atoms with E-state index < -0.39 is 25.1 Å². The van der Waals surface area contributed by atoms with E-state index in [1.807, 2.05) is 0 Å². The Kier molecular flexibility index (Phi) is 11.0. The summed E-state index contributed by atoms with van der Waals surface area (Å²) in [5, 5.41) is 0. The van der Waals surface area contributed by atoms with Gasteiger partial charge in [0.2, 0.25) is 8.32 Å². The molecule has 8 heteroatoms. The lowest BCUT2D eigenvalue weighted by Gasteiger charge is -2.34. The number of rotatable bonds is 13. The Morgan fingerprint density at radius 2 is 1.60 bits per heavy atom. The maximum atomic E-state index is 12.2. The molecule has 0 aromatic carbocycles. The van der Waals surface area contributed by atoms with Gasteiger partial charge in [0, 0.05) is 13.7 Å². The fourth-order valence-electron chi connectivity index (χ4n) is 2.48. The Balaban J connectivity index is 4.49. The first-order valence-electron chi connectivity index (χ1n) is 9.49. The molecule has 0 aromatic rings. The van der Waals surface area contributed by atoms with Crippen molar-refractivity contribution >= 4 is 31.1 Å². The van der Waals surface area contributed by atoms with Gasteiger partial charge >= 0.3 is 14.5 Å². The first-order valence-corrected chi connectivity index (χ1v) is 18.9. The average Bonchev–Trinajstić information content (AvgIpc) is 2.45. The van der Waals surface area contributed by atoms with E-state index in [4.69, 9.17) is 13.3 Å². The van der Waals surface area contributed by atoms with Crippen LogP contribution in [0.2, 0.25) is 51.9 Å². The Hall–Kier alpha value is 0.000649. The first kappa shape index (κ1) is 25.0. The normalized spacial score (nSPS) is 15.3. The minimum atomic E-state index is -2.02. The summed E-state index contributed by atoms with van der Waals surface area (Å²) in [4.78, 5) is 12.2. The quantitative estimate of drug-likeness (QED) is 0.334. The highest BCUT2D eigenvalue weighted by molar-refractivity contribution is 6.73. The number of hydrogen-bond acceptors (Lipinski definition) is 5. The molecule has 0 spiro atoms. The molecule has 0 amide bonds. The number of nitrogens with zero attached hydrogens (tertiary/aromatic N) is 1. The van der Waals surface area contributed by atoms with Crippen LogP contribution in [-0.4, -0.2) is 62.5 Å². The monoisotopic (exact) mass is 407 g/mol. The van der Waals surface area contributed by atoms with Crippen LogP contribution in [0.1, 0.15) is 26.2 Å². The Morgan fingerprint density at radius 3 is 2.04 bits per heavy atom. The largest absolute Gasteiger partial charge is 0.519 e. The molecule has 0 N–H and O–H groups in total. The molecule has 0 bridgehead atoms. The van der Waals surface area contributed by atoms with Crippen molar-refractivity contribution in [1.29, 1.82) is 0 Å². The Morgan fingerprint density at radius 1 is 1.00 bits per heavy atom. The van der Waals surface area contributed by atoms with Gasteiger partial charge < -0.3 is 17.8 Å². The maximum Gasteiger partial charge on any atom is 0.334 e. The smallest absolute Gasteiger partial charge is 0.334 e. The molecule has 25 heavy (non-hydrogen) atoms. The van der Waals surface area contributed by atoms with Crippen molar-refractivity contribution in [2.24, 2.45) is 0 Å². The van der Waals surface area contributed by atoms with E-state index in [1.54, 1.807) is 7.11 Å². The first-order chi connectivity index (χ1) is 11.3. The van der Waals surface area contributed by atoms with Crippen LogP contribution in [0.3, 0.4) is 0 Å². The standard InChI is InChI=1S/C17H41NO4Si3/c1-10-14-21-25(9,20-2)15-12-11-13-18(23(3,4)5)16-17(19)22-24(6,7)8/h10-16H2,1-9H3. The zero-order chi connectivity index (χ0) is 19.7. The second-order valence-electron chi connectivity index (χ2n) is 8.82. The van der Waals surface area contributed by atoms with E-state index in [0.29, 0.717) is 6.54 Å². The lowest BCUT2D eigenvalue weighted by molar-refractivity contribution is -0.135. The predicted molar refractivity (Wildman–Crippen MR) is 113 cm³/mol. The van der Waals surface area contributed by atoms with Crippen molar-refractivity contribution in [3.8, 4) is 0 Å². The fraction of sp³-hybridized carbons (Fsp3) is 0.941. The molecule has 0 rings (SSSR count). The summed E-state index contributed by atoms with van der Waals surface area (Å²) in [6.45, 7) is 19.4. The number of hydrogen-bond donors (Lipinski definition) is 0. The number of carbonyl (C=O) groups excluding carboxylic acids is 1. The van der Waals surface area contributed by atoms with Crippen LogP contribution in [0.15, 0.2) is 0 Å². The van der Waals surface area contributed by atoms with Crippen LogP contribution in [0.5, 0.6) is 0 Å². The Bertz CT molecular complexity index is 396. The van der Waals surface area contributed by atoms with Gasteiger partial charge in [0.05, 0.1) is 6.54 Å². The third-order valence-corrected chi connectivity index (χ3v) is 10.1. The zero-order valence-electron chi connectivity index (χ0n) is 18.0.